The third-order valence-electron chi connectivity index (χ3n) is 3.76. The molecule has 0 aliphatic heterocycles. The number of carbonyl (C=O) groups excluding carboxylic acids is 2. The van der Waals surface area contributed by atoms with Crippen molar-refractivity contribution in [3.63, 3.8) is 0 Å². The van der Waals surface area contributed by atoms with E-state index in [1.807, 2.05) is 38.1 Å². The standard InChI is InChI=1S/C21H25NO6/c1-4-26-18-11-8-16(12-19(18)27-5-2)21(24)28-14-20(23)22-13-15-6-9-17(25-3)10-7-15/h6-12H,4-5,13-14H2,1-3H3,(H,22,23). The summed E-state index contributed by atoms with van der Waals surface area (Å²) in [5, 5.41) is 2.70. The Hall–Kier alpha value is -3.22. The van der Waals surface area contributed by atoms with Crippen LogP contribution in [-0.4, -0.2) is 38.8 Å². The van der Waals surface area contributed by atoms with Gasteiger partial charge in [-0.15, -0.1) is 0 Å². The first kappa shape index (κ1) is 21.1. The fraction of sp³-hybridized carbons (Fsp3) is 0.333. The molecular weight excluding hydrogens is 362 g/mol. The first-order valence-electron chi connectivity index (χ1n) is 9.03. The molecule has 150 valence electrons. The molecule has 1 N–H and O–H groups in total. The summed E-state index contributed by atoms with van der Waals surface area (Å²) < 4.78 is 21.1. The quantitative estimate of drug-likeness (QED) is 0.631. The Morgan fingerprint density at radius 1 is 0.929 bits per heavy atom. The largest absolute Gasteiger partial charge is 0.497 e. The maximum absolute atomic E-state index is 12.2. The van der Waals surface area contributed by atoms with E-state index in [2.05, 4.69) is 5.32 Å². The van der Waals surface area contributed by atoms with Gasteiger partial charge in [-0.25, -0.2) is 4.79 Å². The van der Waals surface area contributed by atoms with Crippen molar-refractivity contribution < 1.29 is 28.5 Å². The van der Waals surface area contributed by atoms with Crippen LogP contribution in [0, 0.1) is 0 Å². The molecule has 2 aromatic rings. The van der Waals surface area contributed by atoms with Crippen LogP contribution in [0.15, 0.2) is 42.5 Å². The molecule has 0 spiro atoms. The number of amides is 1. The summed E-state index contributed by atoms with van der Waals surface area (Å²) in [6, 6.07) is 12.1. The first-order valence-corrected chi connectivity index (χ1v) is 9.03. The summed E-state index contributed by atoms with van der Waals surface area (Å²) in [6.45, 7) is 4.59. The van der Waals surface area contributed by atoms with Crippen LogP contribution in [0.3, 0.4) is 0 Å². The van der Waals surface area contributed by atoms with Crippen molar-refractivity contribution in [3.8, 4) is 17.2 Å². The van der Waals surface area contributed by atoms with Gasteiger partial charge in [0.15, 0.2) is 18.1 Å². The van der Waals surface area contributed by atoms with Gasteiger partial charge in [-0.05, 0) is 49.7 Å². The zero-order valence-corrected chi connectivity index (χ0v) is 16.3. The molecule has 0 aliphatic rings. The lowest BCUT2D eigenvalue weighted by Gasteiger charge is -2.12. The molecule has 0 bridgehead atoms. The second kappa shape index (κ2) is 10.8. The van der Waals surface area contributed by atoms with Crippen molar-refractivity contribution in [2.75, 3.05) is 26.9 Å². The molecule has 7 heteroatoms. The monoisotopic (exact) mass is 387 g/mol. The van der Waals surface area contributed by atoms with E-state index in [0.717, 1.165) is 11.3 Å². The van der Waals surface area contributed by atoms with Gasteiger partial charge in [0.05, 0.1) is 25.9 Å². The Bertz CT molecular complexity index is 788. The lowest BCUT2D eigenvalue weighted by molar-refractivity contribution is -0.124. The smallest absolute Gasteiger partial charge is 0.338 e. The van der Waals surface area contributed by atoms with E-state index in [-0.39, 0.29) is 18.1 Å². The summed E-state index contributed by atoms with van der Waals surface area (Å²) in [6.07, 6.45) is 0. The fourth-order valence-corrected chi connectivity index (χ4v) is 2.39. The van der Waals surface area contributed by atoms with Crippen molar-refractivity contribution in [1.82, 2.24) is 5.32 Å². The SMILES string of the molecule is CCOc1ccc(C(=O)OCC(=O)NCc2ccc(OC)cc2)cc1OCC. The van der Waals surface area contributed by atoms with Crippen LogP contribution in [-0.2, 0) is 16.1 Å². The molecule has 0 saturated carbocycles. The maximum Gasteiger partial charge on any atom is 0.338 e. The average molecular weight is 387 g/mol. The van der Waals surface area contributed by atoms with E-state index in [0.29, 0.717) is 31.3 Å². The minimum absolute atomic E-state index is 0.287. The van der Waals surface area contributed by atoms with Gasteiger partial charge in [-0.1, -0.05) is 12.1 Å². The molecule has 0 atom stereocenters. The summed E-state index contributed by atoms with van der Waals surface area (Å²) in [4.78, 5) is 24.1. The number of hydrogen-bond acceptors (Lipinski definition) is 6. The van der Waals surface area contributed by atoms with Gasteiger partial charge in [0.1, 0.15) is 5.75 Å². The maximum atomic E-state index is 12.2. The minimum atomic E-state index is -0.608. The van der Waals surface area contributed by atoms with Crippen LogP contribution >= 0.6 is 0 Å². The zero-order chi connectivity index (χ0) is 20.4. The number of hydrogen-bond donors (Lipinski definition) is 1. The van der Waals surface area contributed by atoms with Gasteiger partial charge in [0.25, 0.3) is 5.91 Å². The van der Waals surface area contributed by atoms with Crippen molar-refractivity contribution >= 4 is 11.9 Å². The highest BCUT2D eigenvalue weighted by Gasteiger charge is 2.14. The number of carbonyl (C=O) groups is 2. The van der Waals surface area contributed by atoms with E-state index in [1.165, 1.54) is 0 Å². The predicted molar refractivity (Wildman–Crippen MR) is 104 cm³/mol. The van der Waals surface area contributed by atoms with Crippen LogP contribution in [0.1, 0.15) is 29.8 Å². The summed E-state index contributed by atoms with van der Waals surface area (Å²) in [5.41, 5.74) is 1.20. The third-order valence-corrected chi connectivity index (χ3v) is 3.76. The van der Waals surface area contributed by atoms with Crippen LogP contribution in [0.25, 0.3) is 0 Å². The third kappa shape index (κ3) is 6.19. The van der Waals surface area contributed by atoms with Gasteiger partial charge in [-0.2, -0.15) is 0 Å². The van der Waals surface area contributed by atoms with E-state index < -0.39 is 5.97 Å². The molecule has 2 aromatic carbocycles. The highest BCUT2D eigenvalue weighted by Crippen LogP contribution is 2.28. The molecule has 0 heterocycles. The molecule has 0 unspecified atom stereocenters. The highest BCUT2D eigenvalue weighted by atomic mass is 16.5. The first-order chi connectivity index (χ1) is 13.6. The molecule has 28 heavy (non-hydrogen) atoms. The van der Waals surface area contributed by atoms with E-state index in [9.17, 15) is 9.59 Å². The van der Waals surface area contributed by atoms with E-state index in [1.54, 1.807) is 25.3 Å². The molecule has 0 radical (unpaired) electrons. The second-order valence-corrected chi connectivity index (χ2v) is 5.73. The van der Waals surface area contributed by atoms with Gasteiger partial charge in [0, 0.05) is 6.54 Å². The van der Waals surface area contributed by atoms with Crippen LogP contribution < -0.4 is 19.5 Å². The Kier molecular flexibility index (Phi) is 8.14. The summed E-state index contributed by atoms with van der Waals surface area (Å²) in [5.74, 6) is 0.760. The Morgan fingerprint density at radius 3 is 2.25 bits per heavy atom. The number of rotatable bonds is 10. The molecule has 0 saturated heterocycles. The Morgan fingerprint density at radius 2 is 1.61 bits per heavy atom. The van der Waals surface area contributed by atoms with Crippen molar-refractivity contribution in [3.05, 3.63) is 53.6 Å². The Balaban J connectivity index is 1.86. The molecule has 0 aliphatic carbocycles. The van der Waals surface area contributed by atoms with Crippen LogP contribution in [0.5, 0.6) is 17.2 Å². The van der Waals surface area contributed by atoms with Gasteiger partial charge >= 0.3 is 5.97 Å². The highest BCUT2D eigenvalue weighted by molar-refractivity contribution is 5.92. The molecule has 0 fully saturated rings. The minimum Gasteiger partial charge on any atom is -0.497 e. The fourth-order valence-electron chi connectivity index (χ4n) is 2.39. The Labute approximate surface area is 164 Å². The molecule has 1 amide bonds. The van der Waals surface area contributed by atoms with E-state index >= 15 is 0 Å². The van der Waals surface area contributed by atoms with Gasteiger partial charge < -0.3 is 24.3 Å². The van der Waals surface area contributed by atoms with Gasteiger partial charge in [0.2, 0.25) is 0 Å². The zero-order valence-electron chi connectivity index (χ0n) is 16.3. The summed E-state index contributed by atoms with van der Waals surface area (Å²) >= 11 is 0. The van der Waals surface area contributed by atoms with Crippen LogP contribution in [0.4, 0.5) is 0 Å². The van der Waals surface area contributed by atoms with Crippen LogP contribution in [0.2, 0.25) is 0 Å². The molecule has 2 rings (SSSR count). The number of ether oxygens (including phenoxy) is 4. The number of benzene rings is 2. The number of methoxy groups -OCH3 is 1. The molecule has 0 aromatic heterocycles. The van der Waals surface area contributed by atoms with Crippen molar-refractivity contribution in [2.24, 2.45) is 0 Å². The summed E-state index contributed by atoms with van der Waals surface area (Å²) in [7, 11) is 1.59. The predicted octanol–water partition coefficient (Wildman–Crippen LogP) is 2.97. The van der Waals surface area contributed by atoms with E-state index in [4.69, 9.17) is 18.9 Å². The van der Waals surface area contributed by atoms with Crippen molar-refractivity contribution in [2.45, 2.75) is 20.4 Å². The second-order valence-electron chi connectivity index (χ2n) is 5.73. The number of nitrogens with one attached hydrogen (secondary N) is 1. The lowest BCUT2D eigenvalue weighted by Crippen LogP contribution is -2.28. The number of esters is 1. The average Bonchev–Trinajstić information content (AvgIpc) is 2.72. The normalized spacial score (nSPS) is 10.1. The molecule has 7 nitrogen and oxygen atoms in total. The topological polar surface area (TPSA) is 83.1 Å². The van der Waals surface area contributed by atoms with Gasteiger partial charge in [-0.3, -0.25) is 4.79 Å². The van der Waals surface area contributed by atoms with Crippen molar-refractivity contribution in [1.29, 1.82) is 0 Å². The lowest BCUT2D eigenvalue weighted by atomic mass is 10.2. The molecular formula is C21H25NO6.